The molecule has 2 aromatic rings. The molecule has 1 amide bonds. The molecule has 35 heavy (non-hydrogen) atoms. The minimum Gasteiger partial charge on any atom is -0.492 e. The predicted molar refractivity (Wildman–Crippen MR) is 135 cm³/mol. The second kappa shape index (κ2) is 13.7. The van der Waals surface area contributed by atoms with Gasteiger partial charge in [-0.2, -0.15) is 10.2 Å². The molecule has 9 nitrogen and oxygen atoms in total. The minimum atomic E-state index is -1.42. The maximum Gasteiger partial charge on any atom is 0.258 e. The standard InChI is InChI=1S/C24H29Cl2N3O6/c1-6-32-18-13-17(19(33-7-2)12-16(18)25)27-24(31)23(14(5)30)29-28-15-10-20(34-8-3)22(26)21(11-15)35-9-4/h10-13,23H,6-9H2,1-5H3,(H,27,31). The molecule has 0 aliphatic heterocycles. The molecule has 1 unspecified atom stereocenters. The van der Waals surface area contributed by atoms with E-state index >= 15 is 0 Å². The van der Waals surface area contributed by atoms with Crippen LogP contribution in [-0.4, -0.2) is 44.2 Å². The first-order chi connectivity index (χ1) is 16.7. The molecule has 1 N–H and O–H groups in total. The molecule has 0 saturated heterocycles. The molecule has 11 heteroatoms. The summed E-state index contributed by atoms with van der Waals surface area (Å²) in [5.41, 5.74) is 0.593. The number of ether oxygens (including phenoxy) is 4. The van der Waals surface area contributed by atoms with E-state index in [1.807, 2.05) is 20.8 Å². The molecule has 2 aromatic carbocycles. The second-order valence-corrected chi connectivity index (χ2v) is 7.77. The van der Waals surface area contributed by atoms with Gasteiger partial charge in [-0.15, -0.1) is 0 Å². The second-order valence-electron chi connectivity index (χ2n) is 6.98. The van der Waals surface area contributed by atoms with Gasteiger partial charge in [0.25, 0.3) is 5.91 Å². The number of carbonyl (C=O) groups is 2. The highest BCUT2D eigenvalue weighted by molar-refractivity contribution is 6.33. The Labute approximate surface area is 214 Å². The maximum atomic E-state index is 13.0. The third-order valence-electron chi connectivity index (χ3n) is 4.40. The fraction of sp³-hybridized carbons (Fsp3) is 0.417. The zero-order chi connectivity index (χ0) is 26.0. The Hall–Kier alpha value is -3.04. The first-order valence-electron chi connectivity index (χ1n) is 11.2. The van der Waals surface area contributed by atoms with Gasteiger partial charge in [0.05, 0.1) is 42.8 Å². The SMILES string of the molecule is CCOc1cc(NC(=O)C(N=Nc2cc(OCC)c(Cl)c(OCC)c2)C(C)=O)c(OCC)cc1Cl. The predicted octanol–water partition coefficient (Wildman–Crippen LogP) is 6.27. The van der Waals surface area contributed by atoms with Crippen LogP contribution < -0.4 is 24.3 Å². The van der Waals surface area contributed by atoms with E-state index in [2.05, 4.69) is 15.5 Å². The number of azo groups is 1. The average Bonchev–Trinajstić information content (AvgIpc) is 2.80. The van der Waals surface area contributed by atoms with E-state index in [4.69, 9.17) is 42.1 Å². The topological polar surface area (TPSA) is 108 Å². The van der Waals surface area contributed by atoms with E-state index in [1.165, 1.54) is 19.1 Å². The molecule has 0 spiro atoms. The first kappa shape index (κ1) is 28.2. The van der Waals surface area contributed by atoms with Crippen LogP contribution in [0.5, 0.6) is 23.0 Å². The lowest BCUT2D eigenvalue weighted by Gasteiger charge is -2.16. The monoisotopic (exact) mass is 525 g/mol. The summed E-state index contributed by atoms with van der Waals surface area (Å²) in [6.45, 7) is 9.93. The summed E-state index contributed by atoms with van der Waals surface area (Å²) in [5, 5.41) is 11.4. The third-order valence-corrected chi connectivity index (χ3v) is 5.07. The number of ketones is 1. The number of nitrogens with zero attached hydrogens (tertiary/aromatic N) is 2. The van der Waals surface area contributed by atoms with Gasteiger partial charge in [-0.1, -0.05) is 23.2 Å². The van der Waals surface area contributed by atoms with Gasteiger partial charge in [0, 0.05) is 24.3 Å². The van der Waals surface area contributed by atoms with Crippen LogP contribution in [0.2, 0.25) is 10.0 Å². The molecule has 0 saturated carbocycles. The number of Topliss-reactive ketones (excluding diaryl/α,β-unsaturated/α-hetero) is 1. The van der Waals surface area contributed by atoms with Crippen LogP contribution in [0, 0.1) is 0 Å². The van der Waals surface area contributed by atoms with Crippen molar-refractivity contribution in [3.05, 3.63) is 34.3 Å². The Morgan fingerprint density at radius 2 is 1.34 bits per heavy atom. The number of benzene rings is 2. The Morgan fingerprint density at radius 1 is 0.829 bits per heavy atom. The van der Waals surface area contributed by atoms with Crippen LogP contribution in [-0.2, 0) is 9.59 Å². The van der Waals surface area contributed by atoms with Gasteiger partial charge in [-0.3, -0.25) is 9.59 Å². The Bertz CT molecular complexity index is 1050. The van der Waals surface area contributed by atoms with Crippen LogP contribution in [0.3, 0.4) is 0 Å². The molecule has 190 valence electrons. The van der Waals surface area contributed by atoms with E-state index in [9.17, 15) is 9.59 Å². The van der Waals surface area contributed by atoms with Crippen molar-refractivity contribution in [2.45, 2.75) is 40.7 Å². The van der Waals surface area contributed by atoms with Crippen molar-refractivity contribution >= 4 is 46.3 Å². The molecular formula is C24H29Cl2N3O6. The molecule has 0 radical (unpaired) electrons. The molecule has 0 bridgehead atoms. The summed E-state index contributed by atoms with van der Waals surface area (Å²) in [7, 11) is 0. The van der Waals surface area contributed by atoms with Gasteiger partial charge in [-0.05, 0) is 34.6 Å². The molecule has 0 fully saturated rings. The molecular weight excluding hydrogens is 497 g/mol. The lowest BCUT2D eigenvalue weighted by Crippen LogP contribution is -2.32. The normalized spacial score (nSPS) is 11.7. The highest BCUT2D eigenvalue weighted by Crippen LogP contribution is 2.39. The van der Waals surface area contributed by atoms with Crippen LogP contribution >= 0.6 is 23.2 Å². The highest BCUT2D eigenvalue weighted by atomic mass is 35.5. The zero-order valence-corrected chi connectivity index (χ0v) is 21.8. The zero-order valence-electron chi connectivity index (χ0n) is 20.3. The largest absolute Gasteiger partial charge is 0.492 e. The van der Waals surface area contributed by atoms with Crippen molar-refractivity contribution < 1.29 is 28.5 Å². The van der Waals surface area contributed by atoms with E-state index in [0.29, 0.717) is 65.2 Å². The van der Waals surface area contributed by atoms with Gasteiger partial charge in [0.1, 0.15) is 28.0 Å². The first-order valence-corrected chi connectivity index (χ1v) is 11.9. The number of anilines is 1. The fourth-order valence-electron chi connectivity index (χ4n) is 2.95. The van der Waals surface area contributed by atoms with Crippen LogP contribution in [0.25, 0.3) is 0 Å². The molecule has 0 aromatic heterocycles. The lowest BCUT2D eigenvalue weighted by molar-refractivity contribution is -0.126. The summed E-state index contributed by atoms with van der Waals surface area (Å²) < 4.78 is 22.1. The summed E-state index contributed by atoms with van der Waals surface area (Å²) in [6.07, 6.45) is 0. The Kier molecular flexibility index (Phi) is 11.1. The number of amides is 1. The molecule has 1 atom stereocenters. The van der Waals surface area contributed by atoms with Gasteiger partial charge < -0.3 is 24.3 Å². The summed E-state index contributed by atoms with van der Waals surface area (Å²) >= 11 is 12.5. The van der Waals surface area contributed by atoms with Crippen LogP contribution in [0.15, 0.2) is 34.5 Å². The fourth-order valence-corrected chi connectivity index (χ4v) is 3.38. The molecule has 0 aliphatic rings. The van der Waals surface area contributed by atoms with Crippen molar-refractivity contribution in [3.63, 3.8) is 0 Å². The lowest BCUT2D eigenvalue weighted by atomic mass is 10.2. The van der Waals surface area contributed by atoms with Crippen LogP contribution in [0.1, 0.15) is 34.6 Å². The van der Waals surface area contributed by atoms with Crippen molar-refractivity contribution in [2.24, 2.45) is 10.2 Å². The molecule has 2 rings (SSSR count). The van der Waals surface area contributed by atoms with E-state index in [1.54, 1.807) is 19.1 Å². The van der Waals surface area contributed by atoms with Crippen molar-refractivity contribution in [3.8, 4) is 23.0 Å². The Balaban J connectivity index is 2.36. The summed E-state index contributed by atoms with van der Waals surface area (Å²) in [5.74, 6) is 0.187. The number of hydrogen-bond acceptors (Lipinski definition) is 8. The van der Waals surface area contributed by atoms with E-state index < -0.39 is 17.7 Å². The summed E-state index contributed by atoms with van der Waals surface area (Å²) in [6, 6.07) is 4.75. The highest BCUT2D eigenvalue weighted by Gasteiger charge is 2.25. The van der Waals surface area contributed by atoms with Crippen molar-refractivity contribution in [2.75, 3.05) is 31.7 Å². The average molecular weight is 526 g/mol. The maximum absolute atomic E-state index is 13.0. The number of hydrogen-bond donors (Lipinski definition) is 1. The van der Waals surface area contributed by atoms with Gasteiger partial charge in [0.2, 0.25) is 6.04 Å². The molecule has 0 heterocycles. The minimum absolute atomic E-state index is 0.287. The number of nitrogens with one attached hydrogen (secondary N) is 1. The molecule has 0 aliphatic carbocycles. The Morgan fingerprint density at radius 3 is 1.86 bits per heavy atom. The number of halogens is 2. The number of rotatable bonds is 13. The van der Waals surface area contributed by atoms with Crippen molar-refractivity contribution in [1.29, 1.82) is 0 Å². The van der Waals surface area contributed by atoms with Crippen molar-refractivity contribution in [1.82, 2.24) is 0 Å². The quantitative estimate of drug-likeness (QED) is 0.244. The third kappa shape index (κ3) is 7.73. The summed E-state index contributed by atoms with van der Waals surface area (Å²) in [4.78, 5) is 25.3. The van der Waals surface area contributed by atoms with E-state index in [0.717, 1.165) is 0 Å². The number of carbonyl (C=O) groups excluding carboxylic acids is 2. The van der Waals surface area contributed by atoms with E-state index in [-0.39, 0.29) is 5.69 Å². The smallest absolute Gasteiger partial charge is 0.258 e. The van der Waals surface area contributed by atoms with Gasteiger partial charge >= 0.3 is 0 Å². The van der Waals surface area contributed by atoms with Crippen LogP contribution in [0.4, 0.5) is 11.4 Å². The van der Waals surface area contributed by atoms with Gasteiger partial charge in [0.15, 0.2) is 5.78 Å². The van der Waals surface area contributed by atoms with Gasteiger partial charge in [-0.25, -0.2) is 0 Å².